The highest BCUT2D eigenvalue weighted by atomic mass is 16.5. The molecule has 116 valence electrons. The summed E-state index contributed by atoms with van der Waals surface area (Å²) in [6.07, 6.45) is 2.18. The predicted molar refractivity (Wildman–Crippen MR) is 84.0 cm³/mol. The summed E-state index contributed by atoms with van der Waals surface area (Å²) in [5.74, 6) is 2.47. The summed E-state index contributed by atoms with van der Waals surface area (Å²) in [6, 6.07) is 6.90. The zero-order chi connectivity index (χ0) is 14.7. The van der Waals surface area contributed by atoms with E-state index in [1.807, 2.05) is 6.07 Å². The number of ether oxygens (including phenoxy) is 2. The van der Waals surface area contributed by atoms with Gasteiger partial charge in [0.1, 0.15) is 0 Å². The summed E-state index contributed by atoms with van der Waals surface area (Å²) in [5, 5.41) is 3.71. The van der Waals surface area contributed by atoms with Crippen LogP contribution in [0.1, 0.15) is 25.3 Å². The molecule has 0 aliphatic carbocycles. The zero-order valence-electron chi connectivity index (χ0n) is 13.1. The van der Waals surface area contributed by atoms with E-state index in [-0.39, 0.29) is 0 Å². The Morgan fingerprint density at radius 1 is 1.24 bits per heavy atom. The average molecular weight is 290 g/mol. The van der Waals surface area contributed by atoms with Crippen molar-refractivity contribution in [3.05, 3.63) is 23.8 Å². The molecule has 0 radical (unpaired) electrons. The van der Waals surface area contributed by atoms with E-state index in [0.717, 1.165) is 37.7 Å². The van der Waals surface area contributed by atoms with Crippen LogP contribution in [0, 0.1) is 5.92 Å². The molecular weight excluding hydrogens is 264 g/mol. The number of rotatable bonds is 3. The molecule has 2 heterocycles. The maximum atomic E-state index is 5.76. The van der Waals surface area contributed by atoms with Crippen molar-refractivity contribution in [2.24, 2.45) is 5.92 Å². The molecule has 1 fully saturated rings. The summed E-state index contributed by atoms with van der Waals surface area (Å²) in [7, 11) is 2.20. The fourth-order valence-electron chi connectivity index (χ4n) is 3.22. The van der Waals surface area contributed by atoms with Gasteiger partial charge in [-0.3, -0.25) is 0 Å². The molecule has 1 N–H and O–H groups in total. The third-order valence-corrected chi connectivity index (χ3v) is 4.49. The van der Waals surface area contributed by atoms with Crippen molar-refractivity contribution < 1.29 is 9.47 Å². The van der Waals surface area contributed by atoms with Crippen LogP contribution in [0.5, 0.6) is 11.5 Å². The molecule has 4 nitrogen and oxygen atoms in total. The average Bonchev–Trinajstić information content (AvgIpc) is 2.71. The molecule has 0 spiro atoms. The first-order chi connectivity index (χ1) is 10.2. The van der Waals surface area contributed by atoms with E-state index in [0.29, 0.717) is 12.0 Å². The van der Waals surface area contributed by atoms with Gasteiger partial charge in [-0.1, -0.05) is 13.0 Å². The van der Waals surface area contributed by atoms with Crippen LogP contribution >= 0.6 is 0 Å². The maximum absolute atomic E-state index is 5.76. The molecule has 2 aliphatic heterocycles. The number of nitrogens with one attached hydrogen (secondary N) is 1. The number of benzene rings is 1. The lowest BCUT2D eigenvalue weighted by Crippen LogP contribution is -2.46. The SMILES string of the molecule is CC1CN(C)CCC1NCc1ccc2c(c1)OCCCO2. The molecule has 21 heavy (non-hydrogen) atoms. The lowest BCUT2D eigenvalue weighted by molar-refractivity contribution is 0.174. The fourth-order valence-corrected chi connectivity index (χ4v) is 3.22. The first-order valence-electron chi connectivity index (χ1n) is 8.03. The lowest BCUT2D eigenvalue weighted by Gasteiger charge is -2.35. The van der Waals surface area contributed by atoms with Gasteiger partial charge in [-0.2, -0.15) is 0 Å². The highest BCUT2D eigenvalue weighted by Crippen LogP contribution is 2.30. The highest BCUT2D eigenvalue weighted by molar-refractivity contribution is 5.43. The Balaban J connectivity index is 1.59. The van der Waals surface area contributed by atoms with E-state index < -0.39 is 0 Å². The summed E-state index contributed by atoms with van der Waals surface area (Å²) < 4.78 is 11.4. The Bertz CT molecular complexity index is 478. The third kappa shape index (κ3) is 3.69. The molecule has 0 saturated carbocycles. The van der Waals surface area contributed by atoms with Crippen LogP contribution < -0.4 is 14.8 Å². The summed E-state index contributed by atoms with van der Waals surface area (Å²) in [5.41, 5.74) is 1.27. The number of hydrogen-bond donors (Lipinski definition) is 1. The van der Waals surface area contributed by atoms with Crippen molar-refractivity contribution in [3.63, 3.8) is 0 Å². The Morgan fingerprint density at radius 3 is 2.86 bits per heavy atom. The van der Waals surface area contributed by atoms with Crippen molar-refractivity contribution in [2.75, 3.05) is 33.4 Å². The Hall–Kier alpha value is -1.26. The number of likely N-dealkylation sites (tertiary alicyclic amines) is 1. The van der Waals surface area contributed by atoms with E-state index in [9.17, 15) is 0 Å². The molecule has 1 saturated heterocycles. The van der Waals surface area contributed by atoms with Gasteiger partial charge in [-0.25, -0.2) is 0 Å². The topological polar surface area (TPSA) is 33.7 Å². The van der Waals surface area contributed by atoms with Crippen LogP contribution in [-0.4, -0.2) is 44.3 Å². The molecule has 3 rings (SSSR count). The second kappa shape index (κ2) is 6.67. The van der Waals surface area contributed by atoms with E-state index in [4.69, 9.17) is 9.47 Å². The van der Waals surface area contributed by atoms with Gasteiger partial charge >= 0.3 is 0 Å². The molecule has 1 aromatic carbocycles. The van der Waals surface area contributed by atoms with E-state index in [2.05, 4.69) is 36.3 Å². The van der Waals surface area contributed by atoms with Crippen molar-refractivity contribution in [1.29, 1.82) is 0 Å². The van der Waals surface area contributed by atoms with E-state index in [1.54, 1.807) is 0 Å². The number of piperidine rings is 1. The predicted octanol–water partition coefficient (Wildman–Crippen LogP) is 2.28. The van der Waals surface area contributed by atoms with Crippen LogP contribution in [0.2, 0.25) is 0 Å². The molecule has 1 aromatic rings. The minimum absolute atomic E-state index is 0.608. The standard InChI is InChI=1S/C17H26N2O2/c1-13-12-19(2)7-6-15(13)18-11-14-4-5-16-17(10-14)21-9-3-8-20-16/h4-5,10,13,15,18H,3,6-9,11-12H2,1-2H3. The number of nitrogens with zero attached hydrogens (tertiary/aromatic N) is 1. The van der Waals surface area contributed by atoms with Gasteiger partial charge in [-0.05, 0) is 43.6 Å². The van der Waals surface area contributed by atoms with Crippen molar-refractivity contribution in [2.45, 2.75) is 32.4 Å². The van der Waals surface area contributed by atoms with Gasteiger partial charge in [0.15, 0.2) is 11.5 Å². The summed E-state index contributed by atoms with van der Waals surface area (Å²) >= 11 is 0. The van der Waals surface area contributed by atoms with E-state index >= 15 is 0 Å². The largest absolute Gasteiger partial charge is 0.490 e. The molecule has 4 heteroatoms. The Morgan fingerprint density at radius 2 is 2.05 bits per heavy atom. The number of hydrogen-bond acceptors (Lipinski definition) is 4. The van der Waals surface area contributed by atoms with Crippen molar-refractivity contribution >= 4 is 0 Å². The molecule has 0 aromatic heterocycles. The minimum Gasteiger partial charge on any atom is -0.490 e. The Labute approximate surface area is 127 Å². The minimum atomic E-state index is 0.608. The second-order valence-electron chi connectivity index (χ2n) is 6.35. The van der Waals surface area contributed by atoms with Crippen molar-refractivity contribution in [3.8, 4) is 11.5 Å². The maximum Gasteiger partial charge on any atom is 0.161 e. The van der Waals surface area contributed by atoms with Crippen LogP contribution in [0.3, 0.4) is 0 Å². The smallest absolute Gasteiger partial charge is 0.161 e. The summed E-state index contributed by atoms with van der Waals surface area (Å²) in [6.45, 7) is 7.09. The van der Waals surface area contributed by atoms with E-state index in [1.165, 1.54) is 25.1 Å². The summed E-state index contributed by atoms with van der Waals surface area (Å²) in [4.78, 5) is 2.41. The number of fused-ring (bicyclic) bond motifs is 1. The molecule has 0 amide bonds. The van der Waals surface area contributed by atoms with Gasteiger partial charge < -0.3 is 19.7 Å². The molecule has 0 bridgehead atoms. The van der Waals surface area contributed by atoms with Gasteiger partial charge in [0.05, 0.1) is 13.2 Å². The van der Waals surface area contributed by atoms with Gasteiger partial charge in [0.25, 0.3) is 0 Å². The quantitative estimate of drug-likeness (QED) is 0.926. The van der Waals surface area contributed by atoms with Gasteiger partial charge in [0, 0.05) is 25.6 Å². The first kappa shape index (κ1) is 14.7. The van der Waals surface area contributed by atoms with Crippen LogP contribution in [0.25, 0.3) is 0 Å². The molecule has 2 atom stereocenters. The zero-order valence-corrected chi connectivity index (χ0v) is 13.1. The lowest BCUT2D eigenvalue weighted by atomic mass is 9.94. The van der Waals surface area contributed by atoms with Crippen LogP contribution in [-0.2, 0) is 6.54 Å². The van der Waals surface area contributed by atoms with Crippen LogP contribution in [0.4, 0.5) is 0 Å². The third-order valence-electron chi connectivity index (χ3n) is 4.49. The normalized spacial score (nSPS) is 26.4. The van der Waals surface area contributed by atoms with Crippen molar-refractivity contribution in [1.82, 2.24) is 10.2 Å². The molecular formula is C17H26N2O2. The Kier molecular flexibility index (Phi) is 4.66. The van der Waals surface area contributed by atoms with Gasteiger partial charge in [-0.15, -0.1) is 0 Å². The fraction of sp³-hybridized carbons (Fsp3) is 0.647. The van der Waals surface area contributed by atoms with Crippen LogP contribution in [0.15, 0.2) is 18.2 Å². The monoisotopic (exact) mass is 290 g/mol. The molecule has 2 unspecified atom stereocenters. The highest BCUT2D eigenvalue weighted by Gasteiger charge is 2.23. The van der Waals surface area contributed by atoms with Gasteiger partial charge in [0.2, 0.25) is 0 Å². The second-order valence-corrected chi connectivity index (χ2v) is 6.35. The first-order valence-corrected chi connectivity index (χ1v) is 8.03. The molecule has 2 aliphatic rings.